The number of fused-ring (bicyclic) bond motifs is 1. The third-order valence-corrected chi connectivity index (χ3v) is 5.12. The third kappa shape index (κ3) is 4.40. The lowest BCUT2D eigenvalue weighted by Gasteiger charge is -2.09. The fraction of sp³-hybridized carbons (Fsp3) is 0.0800. The van der Waals surface area contributed by atoms with Crippen LogP contribution in [0.2, 0.25) is 0 Å². The predicted molar refractivity (Wildman–Crippen MR) is 128 cm³/mol. The number of amides is 1. The quantitative estimate of drug-likeness (QED) is 0.411. The van der Waals surface area contributed by atoms with Gasteiger partial charge in [0.15, 0.2) is 11.6 Å². The number of nitrogens with one attached hydrogen (secondary N) is 2. The normalized spacial score (nSPS) is 10.8. The smallest absolute Gasteiger partial charge is 0.274 e. The zero-order valence-electron chi connectivity index (χ0n) is 18.1. The molecule has 0 saturated carbocycles. The number of nitrogens with zero attached hydrogens (tertiary/aromatic N) is 5. The van der Waals surface area contributed by atoms with Gasteiger partial charge in [0.1, 0.15) is 5.69 Å². The van der Waals surface area contributed by atoms with E-state index < -0.39 is 0 Å². The van der Waals surface area contributed by atoms with Crippen molar-refractivity contribution >= 4 is 34.0 Å². The van der Waals surface area contributed by atoms with Gasteiger partial charge in [-0.05, 0) is 68.4 Å². The molecule has 2 aromatic carbocycles. The minimum atomic E-state index is -0.257. The van der Waals surface area contributed by atoms with Crippen molar-refractivity contribution in [3.8, 4) is 5.82 Å². The molecule has 0 spiro atoms. The highest BCUT2D eigenvalue weighted by Gasteiger charge is 2.09. The van der Waals surface area contributed by atoms with Gasteiger partial charge in [0.05, 0.1) is 11.2 Å². The Morgan fingerprint density at radius 1 is 0.848 bits per heavy atom. The number of para-hydroxylation sites is 1. The average Bonchev–Trinajstić information content (AvgIpc) is 3.18. The van der Waals surface area contributed by atoms with Crippen molar-refractivity contribution in [2.24, 2.45) is 0 Å². The van der Waals surface area contributed by atoms with Crippen LogP contribution in [0.4, 0.5) is 17.2 Å². The fourth-order valence-corrected chi connectivity index (χ4v) is 3.54. The summed E-state index contributed by atoms with van der Waals surface area (Å²) < 4.78 is 1.76. The molecule has 0 aliphatic rings. The van der Waals surface area contributed by atoms with Crippen molar-refractivity contribution in [3.63, 3.8) is 0 Å². The number of carbonyl (C=O) groups excluding carboxylic acids is 1. The third-order valence-electron chi connectivity index (χ3n) is 5.12. The van der Waals surface area contributed by atoms with Gasteiger partial charge in [0, 0.05) is 22.5 Å². The molecule has 162 valence electrons. The van der Waals surface area contributed by atoms with Gasteiger partial charge >= 0.3 is 0 Å². The number of hydrogen-bond donors (Lipinski definition) is 2. The van der Waals surface area contributed by atoms with E-state index in [0.717, 1.165) is 28.0 Å². The van der Waals surface area contributed by atoms with Gasteiger partial charge in [0.25, 0.3) is 5.91 Å². The molecule has 0 unspecified atom stereocenters. The molecule has 0 atom stereocenters. The lowest BCUT2D eigenvalue weighted by molar-refractivity contribution is 0.102. The first-order valence-corrected chi connectivity index (χ1v) is 10.5. The molecular formula is C25H21N7O. The molecule has 33 heavy (non-hydrogen) atoms. The number of aromatic nitrogens is 5. The number of anilines is 3. The molecule has 8 heteroatoms. The Hall–Kier alpha value is -4.59. The highest BCUT2D eigenvalue weighted by Crippen LogP contribution is 2.19. The van der Waals surface area contributed by atoms with E-state index in [1.807, 2.05) is 86.6 Å². The molecular weight excluding hydrogens is 414 g/mol. The first kappa shape index (κ1) is 20.3. The summed E-state index contributed by atoms with van der Waals surface area (Å²) in [6, 6.07) is 24.4. The summed E-state index contributed by atoms with van der Waals surface area (Å²) in [5, 5.41) is 20.0. The molecule has 3 aromatic heterocycles. The molecule has 2 N–H and O–H groups in total. The van der Waals surface area contributed by atoms with E-state index in [9.17, 15) is 4.79 Å². The second-order valence-corrected chi connectivity index (χ2v) is 7.66. The minimum Gasteiger partial charge on any atom is -0.339 e. The first-order valence-electron chi connectivity index (χ1n) is 10.5. The first-order chi connectivity index (χ1) is 16.0. The number of carbonyl (C=O) groups is 1. The summed E-state index contributed by atoms with van der Waals surface area (Å²) >= 11 is 0. The van der Waals surface area contributed by atoms with Crippen LogP contribution in [0.25, 0.3) is 16.7 Å². The van der Waals surface area contributed by atoms with Crippen LogP contribution in [-0.2, 0) is 0 Å². The Labute approximate surface area is 190 Å². The lowest BCUT2D eigenvalue weighted by atomic mass is 10.2. The molecule has 0 saturated heterocycles. The standard InChI is InChI=1S/C25H21N7O/c1-16-15-17(2)32(31-16)24-14-13-23(29-30-24)26-19-8-10-20(11-9-19)27-25(33)22-12-7-18-5-3-4-6-21(18)28-22/h3-15H,1-2H3,(H,26,29)(H,27,33). The second kappa shape index (κ2) is 8.51. The maximum absolute atomic E-state index is 12.6. The van der Waals surface area contributed by atoms with Crippen molar-refractivity contribution in [1.82, 2.24) is 25.0 Å². The topological polar surface area (TPSA) is 97.6 Å². The second-order valence-electron chi connectivity index (χ2n) is 7.66. The zero-order valence-corrected chi connectivity index (χ0v) is 18.1. The van der Waals surface area contributed by atoms with Crippen molar-refractivity contribution in [3.05, 3.63) is 95.9 Å². The van der Waals surface area contributed by atoms with Crippen molar-refractivity contribution < 1.29 is 4.79 Å². The Morgan fingerprint density at radius 3 is 2.36 bits per heavy atom. The monoisotopic (exact) mass is 435 g/mol. The van der Waals surface area contributed by atoms with Crippen LogP contribution in [0, 0.1) is 13.8 Å². The van der Waals surface area contributed by atoms with Crippen molar-refractivity contribution in [2.75, 3.05) is 10.6 Å². The molecule has 0 fully saturated rings. The maximum Gasteiger partial charge on any atom is 0.274 e. The van der Waals surface area contributed by atoms with E-state index in [1.54, 1.807) is 10.7 Å². The molecule has 0 radical (unpaired) electrons. The van der Waals surface area contributed by atoms with Crippen LogP contribution in [0.15, 0.2) is 78.9 Å². The van der Waals surface area contributed by atoms with Crippen LogP contribution in [-0.4, -0.2) is 30.9 Å². The zero-order chi connectivity index (χ0) is 22.8. The Kier molecular flexibility index (Phi) is 5.24. The largest absolute Gasteiger partial charge is 0.339 e. The molecule has 3 heterocycles. The number of rotatable bonds is 5. The molecule has 5 aromatic rings. The summed E-state index contributed by atoms with van der Waals surface area (Å²) in [5.74, 6) is 1.01. The van der Waals surface area contributed by atoms with Crippen molar-refractivity contribution in [2.45, 2.75) is 13.8 Å². The summed E-state index contributed by atoms with van der Waals surface area (Å²) in [4.78, 5) is 17.0. The van der Waals surface area contributed by atoms with E-state index in [2.05, 4.69) is 30.9 Å². The Bertz CT molecular complexity index is 1440. The average molecular weight is 435 g/mol. The summed E-state index contributed by atoms with van der Waals surface area (Å²) in [5.41, 5.74) is 4.58. The van der Waals surface area contributed by atoms with Gasteiger partial charge in [-0.25, -0.2) is 9.67 Å². The highest BCUT2D eigenvalue weighted by atomic mass is 16.1. The van der Waals surface area contributed by atoms with Gasteiger partial charge in [-0.1, -0.05) is 24.3 Å². The molecule has 8 nitrogen and oxygen atoms in total. The predicted octanol–water partition coefficient (Wildman–Crippen LogP) is 4.82. The van der Waals surface area contributed by atoms with Crippen LogP contribution < -0.4 is 10.6 Å². The van der Waals surface area contributed by atoms with Gasteiger partial charge in [0.2, 0.25) is 0 Å². The van der Waals surface area contributed by atoms with E-state index in [4.69, 9.17) is 0 Å². The minimum absolute atomic E-state index is 0.257. The summed E-state index contributed by atoms with van der Waals surface area (Å²) in [6.07, 6.45) is 0. The molecule has 5 rings (SSSR count). The molecule has 0 aliphatic heterocycles. The number of hydrogen-bond acceptors (Lipinski definition) is 6. The van der Waals surface area contributed by atoms with E-state index >= 15 is 0 Å². The van der Waals surface area contributed by atoms with E-state index in [0.29, 0.717) is 23.0 Å². The van der Waals surface area contributed by atoms with Gasteiger partial charge in [-0.15, -0.1) is 10.2 Å². The van der Waals surface area contributed by atoms with Gasteiger partial charge in [-0.2, -0.15) is 5.10 Å². The van der Waals surface area contributed by atoms with Crippen LogP contribution >= 0.6 is 0 Å². The Balaban J connectivity index is 1.24. The van der Waals surface area contributed by atoms with Crippen LogP contribution in [0.5, 0.6) is 0 Å². The van der Waals surface area contributed by atoms with Crippen molar-refractivity contribution in [1.29, 1.82) is 0 Å². The lowest BCUT2D eigenvalue weighted by Crippen LogP contribution is -2.13. The van der Waals surface area contributed by atoms with Crippen LogP contribution in [0.3, 0.4) is 0 Å². The highest BCUT2D eigenvalue weighted by molar-refractivity contribution is 6.04. The van der Waals surface area contributed by atoms with E-state index in [-0.39, 0.29) is 5.91 Å². The van der Waals surface area contributed by atoms with Gasteiger partial charge < -0.3 is 10.6 Å². The SMILES string of the molecule is Cc1cc(C)n(-c2ccc(Nc3ccc(NC(=O)c4ccc5ccccc5n4)cc3)nn2)n1. The maximum atomic E-state index is 12.6. The molecule has 0 aliphatic carbocycles. The summed E-state index contributed by atoms with van der Waals surface area (Å²) in [7, 11) is 0. The van der Waals surface area contributed by atoms with E-state index in [1.165, 1.54) is 0 Å². The van der Waals surface area contributed by atoms with Gasteiger partial charge in [-0.3, -0.25) is 4.79 Å². The fourth-order valence-electron chi connectivity index (χ4n) is 3.54. The number of pyridine rings is 1. The summed E-state index contributed by atoms with van der Waals surface area (Å²) in [6.45, 7) is 3.92. The number of aryl methyl sites for hydroxylation is 2. The molecule has 1 amide bonds. The Morgan fingerprint density at radius 2 is 1.64 bits per heavy atom. The molecule has 0 bridgehead atoms. The van der Waals surface area contributed by atoms with Crippen LogP contribution in [0.1, 0.15) is 21.9 Å². The number of benzene rings is 2.